The molecule has 0 fully saturated rings. The number of aliphatic hydroxyl groups is 1. The van der Waals surface area contributed by atoms with Crippen LogP contribution in [0.4, 0.5) is 0 Å². The monoisotopic (exact) mass is 220 g/mol. The Balaban J connectivity index is 2.14. The van der Waals surface area contributed by atoms with Crippen LogP contribution in [0.2, 0.25) is 0 Å². The van der Waals surface area contributed by atoms with Gasteiger partial charge in [0.05, 0.1) is 11.8 Å². The maximum Gasteiger partial charge on any atom is 0.106 e. The van der Waals surface area contributed by atoms with Crippen molar-refractivity contribution in [1.29, 1.82) is 0 Å². The molecule has 16 heavy (non-hydrogen) atoms. The summed E-state index contributed by atoms with van der Waals surface area (Å²) >= 11 is 0. The lowest BCUT2D eigenvalue weighted by Gasteiger charge is -2.07. The molecule has 2 heterocycles. The van der Waals surface area contributed by atoms with Crippen LogP contribution in [0.25, 0.3) is 0 Å². The fourth-order valence-electron chi connectivity index (χ4n) is 1.86. The molecule has 2 aromatic rings. The number of aryl methyl sites for hydroxylation is 3. The highest BCUT2D eigenvalue weighted by Crippen LogP contribution is 2.23. The summed E-state index contributed by atoms with van der Waals surface area (Å²) in [5, 5.41) is 14.3. The summed E-state index contributed by atoms with van der Waals surface area (Å²) in [4.78, 5) is 0. The number of aliphatic hydroxyl groups excluding tert-OH is 1. The normalized spacial score (nSPS) is 13.0. The fourth-order valence-corrected chi connectivity index (χ4v) is 1.86. The van der Waals surface area contributed by atoms with Gasteiger partial charge in [-0.05, 0) is 26.0 Å². The third-order valence-corrected chi connectivity index (χ3v) is 2.61. The van der Waals surface area contributed by atoms with Crippen molar-refractivity contribution >= 4 is 0 Å². The van der Waals surface area contributed by atoms with Gasteiger partial charge in [-0.2, -0.15) is 5.10 Å². The molecule has 86 valence electrons. The van der Waals surface area contributed by atoms with Crippen molar-refractivity contribution in [3.63, 3.8) is 0 Å². The van der Waals surface area contributed by atoms with Crippen LogP contribution in [0.3, 0.4) is 0 Å². The van der Waals surface area contributed by atoms with Crippen molar-refractivity contribution in [2.24, 2.45) is 7.05 Å². The van der Waals surface area contributed by atoms with Crippen LogP contribution in [0.5, 0.6) is 0 Å². The minimum atomic E-state index is -0.549. The first kappa shape index (κ1) is 11.0. The standard InChI is InChI=1S/C12H16N2O2/c1-8-6-11(9(2)16-8)12(15)7-10-4-5-14(3)13-10/h4-6,12,15H,7H2,1-3H3. The van der Waals surface area contributed by atoms with Crippen LogP contribution in [0.15, 0.2) is 22.7 Å². The summed E-state index contributed by atoms with van der Waals surface area (Å²) in [6.45, 7) is 3.74. The molecule has 0 aliphatic rings. The molecule has 0 saturated heterocycles. The van der Waals surface area contributed by atoms with Gasteiger partial charge in [0, 0.05) is 25.2 Å². The number of nitrogens with zero attached hydrogens (tertiary/aromatic N) is 2. The highest BCUT2D eigenvalue weighted by atomic mass is 16.3. The molecule has 0 bridgehead atoms. The maximum absolute atomic E-state index is 10.1. The van der Waals surface area contributed by atoms with Crippen molar-refractivity contribution in [1.82, 2.24) is 9.78 Å². The third kappa shape index (κ3) is 2.17. The predicted octanol–water partition coefficient (Wildman–Crippen LogP) is 1.91. The number of hydrogen-bond acceptors (Lipinski definition) is 3. The van der Waals surface area contributed by atoms with Crippen LogP contribution in [-0.4, -0.2) is 14.9 Å². The summed E-state index contributed by atoms with van der Waals surface area (Å²) in [6.07, 6.45) is 1.84. The van der Waals surface area contributed by atoms with Gasteiger partial charge in [-0.25, -0.2) is 0 Å². The summed E-state index contributed by atoms with van der Waals surface area (Å²) < 4.78 is 7.12. The lowest BCUT2D eigenvalue weighted by molar-refractivity contribution is 0.175. The first-order valence-electron chi connectivity index (χ1n) is 5.30. The Morgan fingerprint density at radius 3 is 2.75 bits per heavy atom. The average molecular weight is 220 g/mol. The van der Waals surface area contributed by atoms with Gasteiger partial charge in [0.15, 0.2) is 0 Å². The SMILES string of the molecule is Cc1cc(C(O)Cc2ccn(C)n2)c(C)o1. The Hall–Kier alpha value is -1.55. The second kappa shape index (κ2) is 4.14. The largest absolute Gasteiger partial charge is 0.466 e. The number of aromatic nitrogens is 2. The Morgan fingerprint density at radius 2 is 2.25 bits per heavy atom. The Kier molecular flexibility index (Phi) is 2.83. The molecule has 1 unspecified atom stereocenters. The molecule has 0 aliphatic heterocycles. The third-order valence-electron chi connectivity index (χ3n) is 2.61. The van der Waals surface area contributed by atoms with E-state index in [-0.39, 0.29) is 0 Å². The minimum absolute atomic E-state index is 0.515. The Bertz CT molecular complexity index is 485. The average Bonchev–Trinajstić information content (AvgIpc) is 2.73. The van der Waals surface area contributed by atoms with E-state index in [4.69, 9.17) is 4.42 Å². The lowest BCUT2D eigenvalue weighted by atomic mass is 10.1. The minimum Gasteiger partial charge on any atom is -0.466 e. The van der Waals surface area contributed by atoms with Gasteiger partial charge in [0.25, 0.3) is 0 Å². The number of rotatable bonds is 3. The molecular weight excluding hydrogens is 204 g/mol. The molecule has 1 N–H and O–H groups in total. The van der Waals surface area contributed by atoms with Crippen LogP contribution < -0.4 is 0 Å². The van der Waals surface area contributed by atoms with Gasteiger partial charge in [-0.1, -0.05) is 0 Å². The van der Waals surface area contributed by atoms with Gasteiger partial charge in [-0.15, -0.1) is 0 Å². The molecule has 4 nitrogen and oxygen atoms in total. The fraction of sp³-hybridized carbons (Fsp3) is 0.417. The van der Waals surface area contributed by atoms with Gasteiger partial charge in [0.2, 0.25) is 0 Å². The summed E-state index contributed by atoms with van der Waals surface area (Å²) in [5.74, 6) is 1.61. The first-order chi connectivity index (χ1) is 7.56. The van der Waals surface area contributed by atoms with Crippen molar-refractivity contribution in [2.75, 3.05) is 0 Å². The lowest BCUT2D eigenvalue weighted by Crippen LogP contribution is -2.03. The van der Waals surface area contributed by atoms with Crippen LogP contribution in [0, 0.1) is 13.8 Å². The van der Waals surface area contributed by atoms with Crippen LogP contribution in [-0.2, 0) is 13.5 Å². The second-order valence-electron chi connectivity index (χ2n) is 4.07. The van der Waals surface area contributed by atoms with E-state index < -0.39 is 6.10 Å². The van der Waals surface area contributed by atoms with E-state index in [1.165, 1.54) is 0 Å². The summed E-state index contributed by atoms with van der Waals surface area (Å²) in [7, 11) is 1.86. The quantitative estimate of drug-likeness (QED) is 0.859. The molecule has 0 aromatic carbocycles. The van der Waals surface area contributed by atoms with Gasteiger partial charge in [0.1, 0.15) is 11.5 Å². The van der Waals surface area contributed by atoms with Crippen molar-refractivity contribution < 1.29 is 9.52 Å². The van der Waals surface area contributed by atoms with E-state index in [1.807, 2.05) is 39.2 Å². The molecule has 2 aromatic heterocycles. The first-order valence-corrected chi connectivity index (χ1v) is 5.30. The van der Waals surface area contributed by atoms with E-state index in [1.54, 1.807) is 4.68 Å². The zero-order chi connectivity index (χ0) is 11.7. The Labute approximate surface area is 94.5 Å². The van der Waals surface area contributed by atoms with E-state index in [9.17, 15) is 5.11 Å². The summed E-state index contributed by atoms with van der Waals surface area (Å²) in [6, 6.07) is 3.79. The molecule has 0 radical (unpaired) electrons. The molecule has 0 saturated carbocycles. The zero-order valence-corrected chi connectivity index (χ0v) is 9.77. The highest BCUT2D eigenvalue weighted by molar-refractivity contribution is 5.24. The van der Waals surface area contributed by atoms with Crippen molar-refractivity contribution in [2.45, 2.75) is 26.4 Å². The topological polar surface area (TPSA) is 51.2 Å². The zero-order valence-electron chi connectivity index (χ0n) is 9.77. The van der Waals surface area contributed by atoms with Gasteiger partial charge < -0.3 is 9.52 Å². The maximum atomic E-state index is 10.1. The molecule has 0 spiro atoms. The summed E-state index contributed by atoms with van der Waals surface area (Å²) in [5.41, 5.74) is 1.73. The Morgan fingerprint density at radius 1 is 1.50 bits per heavy atom. The molecule has 0 aliphatic carbocycles. The van der Waals surface area contributed by atoms with Gasteiger partial charge >= 0.3 is 0 Å². The second-order valence-corrected chi connectivity index (χ2v) is 4.07. The highest BCUT2D eigenvalue weighted by Gasteiger charge is 2.15. The van der Waals surface area contributed by atoms with E-state index in [0.29, 0.717) is 6.42 Å². The van der Waals surface area contributed by atoms with Crippen molar-refractivity contribution in [3.05, 3.63) is 41.1 Å². The van der Waals surface area contributed by atoms with Gasteiger partial charge in [-0.3, -0.25) is 4.68 Å². The molecule has 2 rings (SSSR count). The van der Waals surface area contributed by atoms with Crippen molar-refractivity contribution in [3.8, 4) is 0 Å². The van der Waals surface area contributed by atoms with E-state index in [2.05, 4.69) is 5.10 Å². The van der Waals surface area contributed by atoms with Crippen LogP contribution >= 0.6 is 0 Å². The number of hydrogen-bond donors (Lipinski definition) is 1. The van der Waals surface area contributed by atoms with E-state index in [0.717, 1.165) is 22.8 Å². The molecular formula is C12H16N2O2. The molecule has 1 atom stereocenters. The number of furan rings is 1. The predicted molar refractivity (Wildman–Crippen MR) is 60.1 cm³/mol. The smallest absolute Gasteiger partial charge is 0.106 e. The van der Waals surface area contributed by atoms with E-state index >= 15 is 0 Å². The molecule has 0 amide bonds. The van der Waals surface area contributed by atoms with Crippen LogP contribution in [0.1, 0.15) is 28.9 Å². The molecule has 4 heteroatoms.